The average Bonchev–Trinajstić information content (AvgIpc) is 3.17. The Morgan fingerprint density at radius 3 is 2.72 bits per heavy atom. The van der Waals surface area contributed by atoms with Gasteiger partial charge in [-0.25, -0.2) is 4.98 Å². The van der Waals surface area contributed by atoms with Crippen LogP contribution in [0.15, 0.2) is 11.6 Å². The van der Waals surface area contributed by atoms with E-state index in [0.29, 0.717) is 12.3 Å². The molecule has 0 saturated carbocycles. The minimum Gasteiger partial charge on any atom is -0.356 e. The molecule has 1 unspecified atom stereocenters. The van der Waals surface area contributed by atoms with Gasteiger partial charge < -0.3 is 10.2 Å². The van der Waals surface area contributed by atoms with Crippen molar-refractivity contribution in [2.24, 2.45) is 5.92 Å². The van der Waals surface area contributed by atoms with Crippen LogP contribution in [-0.2, 0) is 4.79 Å². The Morgan fingerprint density at radius 1 is 1.24 bits per heavy atom. The smallest absolute Gasteiger partial charge is 0.220 e. The van der Waals surface area contributed by atoms with Crippen molar-refractivity contribution in [2.45, 2.75) is 77.6 Å². The number of hydrogen-bond acceptors (Lipinski definition) is 4. The molecule has 1 saturated heterocycles. The summed E-state index contributed by atoms with van der Waals surface area (Å²) in [5, 5.41) is 6.31. The predicted octanol–water partition coefficient (Wildman–Crippen LogP) is 5.01. The number of unbranched alkanes of at least 4 members (excludes halogenated alkanes) is 7. The number of nitrogens with one attached hydrogen (secondary N) is 1. The lowest BCUT2D eigenvalue weighted by atomic mass is 9.98. The topological polar surface area (TPSA) is 45.2 Å². The van der Waals surface area contributed by atoms with Crippen molar-refractivity contribution in [3.63, 3.8) is 0 Å². The fourth-order valence-electron chi connectivity index (χ4n) is 3.54. The van der Waals surface area contributed by atoms with Gasteiger partial charge in [0.2, 0.25) is 5.91 Å². The summed E-state index contributed by atoms with van der Waals surface area (Å²) in [6.07, 6.45) is 15.2. The molecule has 0 spiro atoms. The lowest BCUT2D eigenvalue weighted by Gasteiger charge is -2.32. The molecule has 1 amide bonds. The number of aromatic nitrogens is 1. The Morgan fingerprint density at radius 2 is 2.00 bits per heavy atom. The maximum atomic E-state index is 12.0. The van der Waals surface area contributed by atoms with Gasteiger partial charge in [-0.15, -0.1) is 11.3 Å². The molecule has 1 aliphatic rings. The van der Waals surface area contributed by atoms with Crippen LogP contribution in [0, 0.1) is 5.92 Å². The van der Waals surface area contributed by atoms with Crippen LogP contribution in [0.5, 0.6) is 0 Å². The molecule has 1 aromatic rings. The number of hydrogen-bond donors (Lipinski definition) is 1. The number of rotatable bonds is 12. The lowest BCUT2D eigenvalue weighted by molar-refractivity contribution is -0.121. The van der Waals surface area contributed by atoms with E-state index in [0.717, 1.165) is 31.2 Å². The molecule has 0 aromatic carbocycles. The molecule has 2 rings (SSSR count). The second-order valence-corrected chi connectivity index (χ2v) is 8.17. The third-order valence-electron chi connectivity index (χ3n) is 5.05. The summed E-state index contributed by atoms with van der Waals surface area (Å²) in [5.74, 6) is 0.789. The number of thiazole rings is 1. The lowest BCUT2D eigenvalue weighted by Crippen LogP contribution is -2.40. The van der Waals surface area contributed by atoms with E-state index in [1.54, 1.807) is 11.3 Å². The monoisotopic (exact) mass is 365 g/mol. The molecule has 4 nitrogen and oxygen atoms in total. The van der Waals surface area contributed by atoms with Gasteiger partial charge in [-0.2, -0.15) is 0 Å². The second-order valence-electron chi connectivity index (χ2n) is 7.30. The molecule has 2 heterocycles. The van der Waals surface area contributed by atoms with Crippen LogP contribution in [-0.4, -0.2) is 30.5 Å². The van der Waals surface area contributed by atoms with Crippen LogP contribution in [0.1, 0.15) is 77.6 Å². The van der Waals surface area contributed by atoms with E-state index in [9.17, 15) is 4.79 Å². The minimum absolute atomic E-state index is 0.234. The van der Waals surface area contributed by atoms with Gasteiger partial charge in [-0.3, -0.25) is 4.79 Å². The van der Waals surface area contributed by atoms with Crippen LogP contribution in [0.2, 0.25) is 0 Å². The zero-order valence-electron chi connectivity index (χ0n) is 15.8. The molecule has 1 N–H and O–H groups in total. The van der Waals surface area contributed by atoms with E-state index in [4.69, 9.17) is 0 Å². The van der Waals surface area contributed by atoms with Gasteiger partial charge in [-0.1, -0.05) is 51.9 Å². The quantitative estimate of drug-likeness (QED) is 0.530. The van der Waals surface area contributed by atoms with E-state index in [1.807, 2.05) is 11.6 Å². The molecule has 1 aromatic heterocycles. The SMILES string of the molecule is CCCCCCCCCCC(=O)NCC1CCCN(c2nccs2)C1. The third-order valence-corrected chi connectivity index (χ3v) is 5.89. The van der Waals surface area contributed by atoms with Gasteiger partial charge in [0.25, 0.3) is 0 Å². The first-order valence-electron chi connectivity index (χ1n) is 10.2. The van der Waals surface area contributed by atoms with Gasteiger partial charge in [0, 0.05) is 37.6 Å². The van der Waals surface area contributed by atoms with E-state index < -0.39 is 0 Å². The highest BCUT2D eigenvalue weighted by Gasteiger charge is 2.21. The Balaban J connectivity index is 1.50. The number of piperidine rings is 1. The number of anilines is 1. The number of carbonyl (C=O) groups excluding carboxylic acids is 1. The van der Waals surface area contributed by atoms with Crippen LogP contribution in [0.4, 0.5) is 5.13 Å². The minimum atomic E-state index is 0.234. The Hall–Kier alpha value is -1.10. The molecule has 142 valence electrons. The summed E-state index contributed by atoms with van der Waals surface area (Å²) in [7, 11) is 0. The van der Waals surface area contributed by atoms with Crippen LogP contribution >= 0.6 is 11.3 Å². The summed E-state index contributed by atoms with van der Waals surface area (Å²) in [5.41, 5.74) is 0. The van der Waals surface area contributed by atoms with Crippen molar-refractivity contribution in [3.05, 3.63) is 11.6 Å². The molecular weight excluding hydrogens is 330 g/mol. The summed E-state index contributed by atoms with van der Waals surface area (Å²) in [6.45, 7) is 5.18. The van der Waals surface area contributed by atoms with Crippen molar-refractivity contribution in [2.75, 3.05) is 24.5 Å². The van der Waals surface area contributed by atoms with Gasteiger partial charge in [0.1, 0.15) is 0 Å². The van der Waals surface area contributed by atoms with Gasteiger partial charge in [-0.05, 0) is 25.2 Å². The van der Waals surface area contributed by atoms with Crippen molar-refractivity contribution in [3.8, 4) is 0 Å². The first-order valence-corrected chi connectivity index (χ1v) is 11.1. The highest BCUT2D eigenvalue weighted by Crippen LogP contribution is 2.24. The van der Waals surface area contributed by atoms with E-state index in [-0.39, 0.29) is 5.91 Å². The Bertz CT molecular complexity index is 464. The van der Waals surface area contributed by atoms with Crippen LogP contribution in [0.25, 0.3) is 0 Å². The summed E-state index contributed by atoms with van der Waals surface area (Å²) >= 11 is 1.71. The van der Waals surface area contributed by atoms with E-state index in [1.165, 1.54) is 57.8 Å². The third kappa shape index (κ3) is 8.21. The summed E-state index contributed by atoms with van der Waals surface area (Å²) in [4.78, 5) is 18.8. The maximum Gasteiger partial charge on any atom is 0.220 e. The molecule has 0 radical (unpaired) electrons. The van der Waals surface area contributed by atoms with E-state index in [2.05, 4.69) is 22.1 Å². The highest BCUT2D eigenvalue weighted by molar-refractivity contribution is 7.13. The Kier molecular flexibility index (Phi) is 9.93. The molecule has 25 heavy (non-hydrogen) atoms. The summed E-state index contributed by atoms with van der Waals surface area (Å²) < 4.78 is 0. The highest BCUT2D eigenvalue weighted by atomic mass is 32.1. The largest absolute Gasteiger partial charge is 0.356 e. The van der Waals surface area contributed by atoms with Gasteiger partial charge in [0.05, 0.1) is 0 Å². The van der Waals surface area contributed by atoms with Gasteiger partial charge >= 0.3 is 0 Å². The molecule has 1 aliphatic heterocycles. The van der Waals surface area contributed by atoms with Gasteiger partial charge in [0.15, 0.2) is 5.13 Å². The fourth-order valence-corrected chi connectivity index (χ4v) is 4.22. The number of amides is 1. The van der Waals surface area contributed by atoms with Crippen molar-refractivity contribution < 1.29 is 4.79 Å². The predicted molar refractivity (Wildman–Crippen MR) is 107 cm³/mol. The normalized spacial score (nSPS) is 17.6. The van der Waals surface area contributed by atoms with Crippen LogP contribution < -0.4 is 10.2 Å². The van der Waals surface area contributed by atoms with Crippen molar-refractivity contribution >= 4 is 22.4 Å². The fraction of sp³-hybridized carbons (Fsp3) is 0.800. The molecule has 1 fully saturated rings. The summed E-state index contributed by atoms with van der Waals surface area (Å²) in [6, 6.07) is 0. The van der Waals surface area contributed by atoms with Crippen molar-refractivity contribution in [1.82, 2.24) is 10.3 Å². The number of nitrogens with zero attached hydrogens (tertiary/aromatic N) is 2. The second kappa shape index (κ2) is 12.3. The van der Waals surface area contributed by atoms with Crippen molar-refractivity contribution in [1.29, 1.82) is 0 Å². The molecule has 0 aliphatic carbocycles. The Labute approximate surface area is 157 Å². The maximum absolute atomic E-state index is 12.0. The number of carbonyl (C=O) groups is 1. The van der Waals surface area contributed by atoms with E-state index >= 15 is 0 Å². The molecule has 5 heteroatoms. The average molecular weight is 366 g/mol. The zero-order chi connectivity index (χ0) is 17.7. The molecule has 1 atom stereocenters. The molecule has 0 bridgehead atoms. The zero-order valence-corrected chi connectivity index (χ0v) is 16.7. The molecular formula is C20H35N3OS. The van der Waals surface area contributed by atoms with Crippen LogP contribution in [0.3, 0.4) is 0 Å². The standard InChI is InChI=1S/C20H35N3OS/c1-2-3-4-5-6-7-8-9-12-19(24)22-16-18-11-10-14-23(17-18)20-21-13-15-25-20/h13,15,18H,2-12,14,16-17H2,1H3,(H,22,24). The first kappa shape index (κ1) is 20.2. The first-order chi connectivity index (χ1) is 12.3.